The van der Waals surface area contributed by atoms with E-state index in [2.05, 4.69) is 23.7 Å². The van der Waals surface area contributed by atoms with Crippen molar-refractivity contribution in [3.63, 3.8) is 0 Å². The average molecular weight is 304 g/mol. The van der Waals surface area contributed by atoms with E-state index in [4.69, 9.17) is 21.3 Å². The highest BCUT2D eigenvalue weighted by Gasteiger charge is 2.51. The molecule has 0 bridgehead atoms. The normalized spacial score (nSPS) is 19.9. The summed E-state index contributed by atoms with van der Waals surface area (Å²) in [5.74, 6) is 1.43. The molecule has 2 aliphatic heterocycles. The molecule has 5 heteroatoms. The van der Waals surface area contributed by atoms with Gasteiger partial charge in [-0.2, -0.15) is 0 Å². The number of rotatable bonds is 2. The third kappa shape index (κ3) is 1.86. The molecule has 2 aromatic heterocycles. The Labute approximate surface area is 129 Å². The van der Waals surface area contributed by atoms with E-state index in [1.54, 1.807) is 0 Å². The summed E-state index contributed by atoms with van der Waals surface area (Å²) in [6.45, 7) is 7.01. The molecule has 2 aromatic rings. The minimum Gasteiger partial charge on any atom is -0.376 e. The molecule has 0 radical (unpaired) electrons. The quantitative estimate of drug-likeness (QED) is 0.797. The maximum Gasteiger partial charge on any atom is 0.138 e. The molecule has 4 rings (SSSR count). The number of anilines is 1. The van der Waals surface area contributed by atoms with E-state index in [-0.39, 0.29) is 5.54 Å². The lowest BCUT2D eigenvalue weighted by atomic mass is 9.82. The number of hydrogen-bond acceptors (Lipinski definition) is 4. The first-order chi connectivity index (χ1) is 10.1. The second-order valence-corrected chi connectivity index (χ2v) is 6.75. The maximum atomic E-state index is 6.10. The fourth-order valence-corrected chi connectivity index (χ4v) is 3.46. The Morgan fingerprint density at radius 2 is 2.05 bits per heavy atom. The second kappa shape index (κ2) is 4.55. The van der Waals surface area contributed by atoms with Crippen LogP contribution in [0, 0.1) is 0 Å². The number of hydrogen-bond donors (Lipinski definition) is 0. The number of fused-ring (bicyclic) bond motifs is 1. The van der Waals surface area contributed by atoms with Gasteiger partial charge in [-0.3, -0.25) is 0 Å². The number of ether oxygens (including phenoxy) is 1. The molecule has 4 heterocycles. The van der Waals surface area contributed by atoms with Crippen LogP contribution in [0.4, 0.5) is 5.82 Å². The molecule has 110 valence electrons. The predicted octanol–water partition coefficient (Wildman–Crippen LogP) is 3.39. The van der Waals surface area contributed by atoms with Crippen molar-refractivity contribution in [1.29, 1.82) is 0 Å². The van der Waals surface area contributed by atoms with Crippen LogP contribution in [0.25, 0.3) is 10.8 Å². The van der Waals surface area contributed by atoms with Crippen molar-refractivity contribution in [3.8, 4) is 0 Å². The Kier molecular flexibility index (Phi) is 2.88. The number of pyridine rings is 2. The highest BCUT2D eigenvalue weighted by molar-refractivity contribution is 6.30. The van der Waals surface area contributed by atoms with Gasteiger partial charge in [-0.05, 0) is 29.4 Å². The summed E-state index contributed by atoms with van der Waals surface area (Å²) in [5, 5.41) is 2.79. The largest absolute Gasteiger partial charge is 0.376 e. The lowest BCUT2D eigenvalue weighted by molar-refractivity contribution is -0.0850. The molecule has 2 aliphatic rings. The van der Waals surface area contributed by atoms with Crippen LogP contribution in [0.3, 0.4) is 0 Å². The molecule has 2 fully saturated rings. The van der Waals surface area contributed by atoms with Crippen molar-refractivity contribution in [1.82, 2.24) is 9.97 Å². The topological polar surface area (TPSA) is 38.2 Å². The molecular weight excluding hydrogens is 286 g/mol. The first-order valence-electron chi connectivity index (χ1n) is 7.40. The van der Waals surface area contributed by atoms with Crippen LogP contribution in [0.1, 0.15) is 31.7 Å². The van der Waals surface area contributed by atoms with Crippen LogP contribution >= 0.6 is 11.6 Å². The van der Waals surface area contributed by atoms with Crippen LogP contribution in [0.5, 0.6) is 0 Å². The smallest absolute Gasteiger partial charge is 0.138 e. The number of nitrogens with zero attached hydrogens (tertiary/aromatic N) is 3. The van der Waals surface area contributed by atoms with Crippen LogP contribution in [-0.2, 0) is 4.74 Å². The third-order valence-electron chi connectivity index (χ3n) is 4.74. The van der Waals surface area contributed by atoms with E-state index in [1.807, 2.05) is 18.5 Å². The first kappa shape index (κ1) is 13.3. The summed E-state index contributed by atoms with van der Waals surface area (Å²) in [5.41, 5.74) is 1.40. The highest BCUT2D eigenvalue weighted by Crippen LogP contribution is 2.43. The molecule has 0 atom stereocenters. The maximum absolute atomic E-state index is 6.10. The standard InChI is InChI=1S/C16H18ClN3O/c1-10(2)12-6-19-15(13-7-18-14(17)5-11(12)13)20-4-3-16(20)8-21-9-16/h5-7,10H,3-4,8-9H2,1-2H3. The van der Waals surface area contributed by atoms with Gasteiger partial charge in [0.25, 0.3) is 0 Å². The van der Waals surface area contributed by atoms with Gasteiger partial charge in [0.1, 0.15) is 11.0 Å². The predicted molar refractivity (Wildman–Crippen MR) is 84.2 cm³/mol. The van der Waals surface area contributed by atoms with E-state index in [0.29, 0.717) is 11.1 Å². The van der Waals surface area contributed by atoms with Crippen molar-refractivity contribution in [2.45, 2.75) is 31.7 Å². The van der Waals surface area contributed by atoms with Gasteiger partial charge < -0.3 is 9.64 Å². The fourth-order valence-electron chi connectivity index (χ4n) is 3.30. The molecule has 0 aromatic carbocycles. The molecule has 0 N–H and O–H groups in total. The van der Waals surface area contributed by atoms with E-state index in [9.17, 15) is 0 Å². The number of aromatic nitrogens is 2. The zero-order chi connectivity index (χ0) is 14.6. The molecular formula is C16H18ClN3O. The minimum atomic E-state index is 0.179. The fraction of sp³-hybridized carbons (Fsp3) is 0.500. The van der Waals surface area contributed by atoms with Crippen molar-refractivity contribution < 1.29 is 4.74 Å². The van der Waals surface area contributed by atoms with Gasteiger partial charge in [-0.25, -0.2) is 9.97 Å². The molecule has 0 amide bonds. The molecule has 0 unspecified atom stereocenters. The lowest BCUT2D eigenvalue weighted by Gasteiger charge is -2.58. The molecule has 4 nitrogen and oxygen atoms in total. The van der Waals surface area contributed by atoms with Gasteiger partial charge in [0.2, 0.25) is 0 Å². The van der Waals surface area contributed by atoms with Crippen LogP contribution in [0.2, 0.25) is 5.15 Å². The van der Waals surface area contributed by atoms with E-state index >= 15 is 0 Å². The van der Waals surface area contributed by atoms with Gasteiger partial charge in [-0.1, -0.05) is 25.4 Å². The zero-order valence-corrected chi connectivity index (χ0v) is 13.0. The van der Waals surface area contributed by atoms with Gasteiger partial charge in [0.05, 0.1) is 18.8 Å². The van der Waals surface area contributed by atoms with Gasteiger partial charge in [0, 0.05) is 24.3 Å². The SMILES string of the molecule is CC(C)c1cnc(N2CCC23COC3)c2cnc(Cl)cc12. The van der Waals surface area contributed by atoms with E-state index in [1.165, 1.54) is 12.0 Å². The van der Waals surface area contributed by atoms with Crippen molar-refractivity contribution >= 4 is 28.2 Å². The third-order valence-corrected chi connectivity index (χ3v) is 4.95. The summed E-state index contributed by atoms with van der Waals surface area (Å²) in [6.07, 6.45) is 5.03. The van der Waals surface area contributed by atoms with Gasteiger partial charge >= 0.3 is 0 Å². The van der Waals surface area contributed by atoms with E-state index < -0.39 is 0 Å². The Balaban J connectivity index is 1.89. The first-order valence-corrected chi connectivity index (χ1v) is 7.78. The Bertz CT molecular complexity index is 706. The molecule has 0 saturated carbocycles. The minimum absolute atomic E-state index is 0.179. The molecule has 21 heavy (non-hydrogen) atoms. The van der Waals surface area contributed by atoms with Crippen LogP contribution in [-0.4, -0.2) is 35.3 Å². The van der Waals surface area contributed by atoms with Crippen molar-refractivity contribution in [2.75, 3.05) is 24.7 Å². The molecule has 1 spiro atoms. The molecule has 0 aliphatic carbocycles. The summed E-state index contributed by atoms with van der Waals surface area (Å²) >= 11 is 6.10. The summed E-state index contributed by atoms with van der Waals surface area (Å²) in [7, 11) is 0. The number of halogens is 1. The molecule has 2 saturated heterocycles. The summed E-state index contributed by atoms with van der Waals surface area (Å²) < 4.78 is 5.42. The zero-order valence-electron chi connectivity index (χ0n) is 12.3. The second-order valence-electron chi connectivity index (χ2n) is 6.36. The van der Waals surface area contributed by atoms with Crippen LogP contribution < -0.4 is 4.90 Å². The van der Waals surface area contributed by atoms with Gasteiger partial charge in [0.15, 0.2) is 0 Å². The summed E-state index contributed by atoms with van der Waals surface area (Å²) in [4.78, 5) is 11.4. The van der Waals surface area contributed by atoms with E-state index in [0.717, 1.165) is 36.3 Å². The van der Waals surface area contributed by atoms with Crippen molar-refractivity contribution in [2.24, 2.45) is 0 Å². The Hall–Kier alpha value is -1.39. The Morgan fingerprint density at radius 1 is 1.24 bits per heavy atom. The monoisotopic (exact) mass is 303 g/mol. The van der Waals surface area contributed by atoms with Crippen molar-refractivity contribution in [3.05, 3.63) is 29.2 Å². The highest BCUT2D eigenvalue weighted by atomic mass is 35.5. The van der Waals surface area contributed by atoms with Gasteiger partial charge in [-0.15, -0.1) is 0 Å². The average Bonchev–Trinajstić information content (AvgIpc) is 2.35. The Morgan fingerprint density at radius 3 is 2.62 bits per heavy atom. The van der Waals surface area contributed by atoms with Crippen LogP contribution in [0.15, 0.2) is 18.5 Å². The summed E-state index contributed by atoms with van der Waals surface area (Å²) in [6, 6.07) is 1.96. The lowest BCUT2D eigenvalue weighted by Crippen LogP contribution is -2.71.